The molecule has 19 heavy (non-hydrogen) atoms. The molecule has 0 aromatic heterocycles. The van der Waals surface area contributed by atoms with Crippen LogP contribution in [0.2, 0.25) is 0 Å². The van der Waals surface area contributed by atoms with Crippen molar-refractivity contribution in [3.05, 3.63) is 27.7 Å². The minimum Gasteiger partial charge on any atom is -0.392 e. The summed E-state index contributed by atoms with van der Waals surface area (Å²) in [5.74, 6) is 0. The number of rotatable bonds is 4. The second-order valence-corrected chi connectivity index (χ2v) is 7.46. The summed E-state index contributed by atoms with van der Waals surface area (Å²) >= 11 is 3.33. The first kappa shape index (κ1) is 15.0. The van der Waals surface area contributed by atoms with Crippen molar-refractivity contribution in [3.63, 3.8) is 0 Å². The largest absolute Gasteiger partial charge is 0.392 e. The number of hydrogen-bond donors (Lipinski definition) is 2. The third-order valence-electron chi connectivity index (χ3n) is 3.43. The van der Waals surface area contributed by atoms with Crippen LogP contribution in [-0.2, 0) is 16.6 Å². The number of halogens is 1. The number of nitrogens with one attached hydrogen (secondary N) is 1. The zero-order chi connectivity index (χ0) is 14.0. The first-order valence-electron chi connectivity index (χ1n) is 6.36. The Morgan fingerprint density at radius 1 is 1.37 bits per heavy atom. The number of sulfonamides is 1. The van der Waals surface area contributed by atoms with Gasteiger partial charge in [-0.05, 0) is 52.9 Å². The maximum absolute atomic E-state index is 12.4. The lowest BCUT2D eigenvalue weighted by Crippen LogP contribution is -2.33. The molecule has 0 saturated heterocycles. The number of aryl methyl sites for hydroxylation is 1. The molecule has 106 valence electrons. The lowest BCUT2D eigenvalue weighted by Gasteiger charge is -2.15. The average molecular weight is 348 g/mol. The summed E-state index contributed by atoms with van der Waals surface area (Å²) in [5.41, 5.74) is 1.41. The minimum absolute atomic E-state index is 0.0370. The molecule has 6 heteroatoms. The predicted molar refractivity (Wildman–Crippen MR) is 77.4 cm³/mol. The molecule has 2 rings (SSSR count). The van der Waals surface area contributed by atoms with Crippen molar-refractivity contribution in [2.75, 3.05) is 0 Å². The molecule has 0 amide bonds. The van der Waals surface area contributed by atoms with Crippen molar-refractivity contribution in [2.45, 2.75) is 50.2 Å². The molecule has 0 unspecified atom stereocenters. The summed E-state index contributed by atoms with van der Waals surface area (Å²) in [6.07, 6.45) is 3.94. The summed E-state index contributed by atoms with van der Waals surface area (Å²) in [6.45, 7) is 1.65. The highest BCUT2D eigenvalue weighted by atomic mass is 79.9. The topological polar surface area (TPSA) is 66.4 Å². The molecular formula is C13H18BrNO3S. The van der Waals surface area contributed by atoms with Crippen LogP contribution in [0.15, 0.2) is 21.5 Å². The molecule has 0 heterocycles. The normalized spacial score (nSPS) is 17.0. The van der Waals surface area contributed by atoms with E-state index in [2.05, 4.69) is 20.7 Å². The summed E-state index contributed by atoms with van der Waals surface area (Å²) < 4.78 is 28.1. The SMILES string of the molecule is Cc1cc(CO)cc(S(=O)(=O)NC2CCCC2)c1Br. The van der Waals surface area contributed by atoms with E-state index in [-0.39, 0.29) is 17.5 Å². The number of aliphatic hydroxyl groups is 1. The van der Waals surface area contributed by atoms with Crippen molar-refractivity contribution in [2.24, 2.45) is 0 Å². The molecule has 0 bridgehead atoms. The quantitative estimate of drug-likeness (QED) is 0.879. The van der Waals surface area contributed by atoms with E-state index in [1.54, 1.807) is 6.07 Å². The first-order valence-corrected chi connectivity index (χ1v) is 8.64. The van der Waals surface area contributed by atoms with Crippen molar-refractivity contribution in [1.82, 2.24) is 4.72 Å². The second-order valence-electron chi connectivity index (χ2n) is 4.99. The van der Waals surface area contributed by atoms with E-state index in [0.717, 1.165) is 31.2 Å². The molecule has 1 aliphatic carbocycles. The molecule has 0 radical (unpaired) electrons. The zero-order valence-corrected chi connectivity index (χ0v) is 13.2. The molecule has 2 N–H and O–H groups in total. The maximum atomic E-state index is 12.4. The first-order chi connectivity index (χ1) is 8.94. The van der Waals surface area contributed by atoms with E-state index >= 15 is 0 Å². The van der Waals surface area contributed by atoms with Gasteiger partial charge in [-0.15, -0.1) is 0 Å². The predicted octanol–water partition coefficient (Wildman–Crippen LogP) is 2.47. The smallest absolute Gasteiger partial charge is 0.241 e. The molecular weight excluding hydrogens is 330 g/mol. The lowest BCUT2D eigenvalue weighted by molar-refractivity contribution is 0.281. The van der Waals surface area contributed by atoms with Crippen LogP contribution < -0.4 is 4.72 Å². The van der Waals surface area contributed by atoms with Crippen LogP contribution in [0.25, 0.3) is 0 Å². The van der Waals surface area contributed by atoms with Gasteiger partial charge in [0.1, 0.15) is 0 Å². The Morgan fingerprint density at radius 3 is 2.58 bits per heavy atom. The van der Waals surface area contributed by atoms with Gasteiger partial charge >= 0.3 is 0 Å². The summed E-state index contributed by atoms with van der Waals surface area (Å²) in [4.78, 5) is 0.212. The summed E-state index contributed by atoms with van der Waals surface area (Å²) in [7, 11) is -3.54. The lowest BCUT2D eigenvalue weighted by atomic mass is 10.1. The van der Waals surface area contributed by atoms with Gasteiger partial charge in [-0.3, -0.25) is 0 Å². The van der Waals surface area contributed by atoms with Crippen LogP contribution in [0.5, 0.6) is 0 Å². The van der Waals surface area contributed by atoms with E-state index in [1.807, 2.05) is 6.92 Å². The number of hydrogen-bond acceptors (Lipinski definition) is 3. The minimum atomic E-state index is -3.54. The van der Waals surface area contributed by atoms with Gasteiger partial charge in [0.15, 0.2) is 0 Å². The highest BCUT2D eigenvalue weighted by molar-refractivity contribution is 9.10. The van der Waals surface area contributed by atoms with Crippen molar-refractivity contribution < 1.29 is 13.5 Å². The van der Waals surface area contributed by atoms with Crippen LogP contribution >= 0.6 is 15.9 Å². The molecule has 1 aliphatic rings. The Morgan fingerprint density at radius 2 is 2.00 bits per heavy atom. The Bertz CT molecular complexity index is 565. The van der Waals surface area contributed by atoms with Crippen LogP contribution in [-0.4, -0.2) is 19.6 Å². The van der Waals surface area contributed by atoms with E-state index in [9.17, 15) is 13.5 Å². The molecule has 0 atom stereocenters. The molecule has 0 spiro atoms. The Labute approximate surface area is 122 Å². The van der Waals surface area contributed by atoms with Gasteiger partial charge in [-0.1, -0.05) is 18.9 Å². The van der Waals surface area contributed by atoms with Gasteiger partial charge in [0.2, 0.25) is 10.0 Å². The molecule has 1 fully saturated rings. The molecule has 0 aliphatic heterocycles. The van der Waals surface area contributed by atoms with E-state index in [4.69, 9.17) is 0 Å². The average Bonchev–Trinajstić information content (AvgIpc) is 2.84. The molecule has 1 aromatic carbocycles. The standard InChI is InChI=1S/C13H18BrNO3S/c1-9-6-10(8-16)7-12(13(9)14)19(17,18)15-11-4-2-3-5-11/h6-7,11,15-16H,2-5,8H2,1H3. The number of benzene rings is 1. The Hall–Kier alpha value is -0.430. The van der Waals surface area contributed by atoms with Crippen LogP contribution in [0.3, 0.4) is 0 Å². The van der Waals surface area contributed by atoms with Gasteiger partial charge in [-0.25, -0.2) is 13.1 Å². The molecule has 1 aromatic rings. The fraction of sp³-hybridized carbons (Fsp3) is 0.538. The van der Waals surface area contributed by atoms with Gasteiger partial charge in [0.25, 0.3) is 0 Å². The Balaban J connectivity index is 2.36. The fourth-order valence-corrected chi connectivity index (χ4v) is 4.80. The highest BCUT2D eigenvalue weighted by Crippen LogP contribution is 2.28. The summed E-state index contributed by atoms with van der Waals surface area (Å²) in [6, 6.07) is 3.34. The van der Waals surface area contributed by atoms with Crippen LogP contribution in [0.4, 0.5) is 0 Å². The van der Waals surface area contributed by atoms with Crippen molar-refractivity contribution in [1.29, 1.82) is 0 Å². The van der Waals surface area contributed by atoms with Gasteiger partial charge < -0.3 is 5.11 Å². The molecule has 1 saturated carbocycles. The zero-order valence-electron chi connectivity index (χ0n) is 10.8. The van der Waals surface area contributed by atoms with E-state index in [0.29, 0.717) is 10.0 Å². The monoisotopic (exact) mass is 347 g/mol. The van der Waals surface area contributed by atoms with E-state index < -0.39 is 10.0 Å². The highest BCUT2D eigenvalue weighted by Gasteiger charge is 2.25. The van der Waals surface area contributed by atoms with Crippen molar-refractivity contribution in [3.8, 4) is 0 Å². The Kier molecular flexibility index (Phi) is 4.66. The fourth-order valence-electron chi connectivity index (χ4n) is 2.42. The van der Waals surface area contributed by atoms with Crippen LogP contribution in [0, 0.1) is 6.92 Å². The van der Waals surface area contributed by atoms with Crippen LogP contribution in [0.1, 0.15) is 36.8 Å². The van der Waals surface area contributed by atoms with Gasteiger partial charge in [0, 0.05) is 10.5 Å². The maximum Gasteiger partial charge on any atom is 0.241 e. The summed E-state index contributed by atoms with van der Waals surface area (Å²) in [5, 5.41) is 9.20. The number of aliphatic hydroxyl groups excluding tert-OH is 1. The second kappa shape index (κ2) is 5.91. The van der Waals surface area contributed by atoms with Gasteiger partial charge in [-0.2, -0.15) is 0 Å². The van der Waals surface area contributed by atoms with Gasteiger partial charge in [0.05, 0.1) is 11.5 Å². The van der Waals surface area contributed by atoms with Crippen molar-refractivity contribution >= 4 is 26.0 Å². The molecule has 4 nitrogen and oxygen atoms in total. The third kappa shape index (κ3) is 3.37. The van der Waals surface area contributed by atoms with E-state index in [1.165, 1.54) is 6.07 Å². The third-order valence-corrected chi connectivity index (χ3v) is 6.29.